The summed E-state index contributed by atoms with van der Waals surface area (Å²) in [4.78, 5) is 20.4. The van der Waals surface area contributed by atoms with Gasteiger partial charge in [0.05, 0.1) is 18.4 Å². The van der Waals surface area contributed by atoms with Crippen molar-refractivity contribution in [1.82, 2.24) is 31.1 Å². The molecule has 1 fully saturated rings. The molecule has 1 aliphatic rings. The standard InChI is InChI=1S/C24H23FN8O.N/c25-19-12-28-24(30-22(19)21-13-33(32-31-21)15-5-1-2-6-15)29-14-9-10-17(23(27)34)18(11-14)16-7-3-4-8-20(16)26;/h3-4,7-13,15H,1-2,5-6,26H2,(H2,27,34)(H,28,29,30);. The van der Waals surface area contributed by atoms with Crippen molar-refractivity contribution in [3.63, 3.8) is 0 Å². The lowest BCUT2D eigenvalue weighted by molar-refractivity contribution is 0.100. The first-order valence-electron chi connectivity index (χ1n) is 11.0. The fraction of sp³-hybridized carbons (Fsp3) is 0.208. The Morgan fingerprint density at radius 1 is 1.11 bits per heavy atom. The number of carbonyl (C=O) groups is 1. The summed E-state index contributed by atoms with van der Waals surface area (Å²) in [5.74, 6) is -0.994. The Labute approximate surface area is 201 Å². The second kappa shape index (κ2) is 9.85. The minimum atomic E-state index is -0.592. The molecule has 0 saturated heterocycles. The van der Waals surface area contributed by atoms with Gasteiger partial charge in [-0.15, -0.1) is 5.10 Å². The second-order valence-corrected chi connectivity index (χ2v) is 8.25. The molecule has 2 aromatic carbocycles. The smallest absolute Gasteiger partial charge is 0.249 e. The molecule has 4 aromatic rings. The van der Waals surface area contributed by atoms with E-state index in [9.17, 15) is 9.18 Å². The summed E-state index contributed by atoms with van der Waals surface area (Å²) in [5.41, 5.74) is 14.7. The minimum Gasteiger partial charge on any atom is -0.398 e. The van der Waals surface area contributed by atoms with Crippen LogP contribution in [0.25, 0.3) is 22.5 Å². The van der Waals surface area contributed by atoms with Crippen LogP contribution in [0.5, 0.6) is 0 Å². The topological polar surface area (TPSA) is 168 Å². The van der Waals surface area contributed by atoms with Gasteiger partial charge in [-0.25, -0.2) is 19.0 Å². The first-order chi connectivity index (χ1) is 16.5. The van der Waals surface area contributed by atoms with Crippen LogP contribution in [0.2, 0.25) is 0 Å². The predicted octanol–water partition coefficient (Wildman–Crippen LogP) is 3.60. The number of halogens is 1. The molecule has 0 atom stereocenters. The Kier molecular flexibility index (Phi) is 6.69. The highest BCUT2D eigenvalue weighted by Gasteiger charge is 2.21. The van der Waals surface area contributed by atoms with Crippen LogP contribution in [-0.4, -0.2) is 30.9 Å². The average molecular weight is 473 g/mol. The van der Waals surface area contributed by atoms with E-state index in [0.717, 1.165) is 31.9 Å². The second-order valence-electron chi connectivity index (χ2n) is 8.25. The summed E-state index contributed by atoms with van der Waals surface area (Å²) in [6.07, 6.45) is 7.20. The van der Waals surface area contributed by atoms with Crippen LogP contribution in [0.1, 0.15) is 42.1 Å². The summed E-state index contributed by atoms with van der Waals surface area (Å²) >= 11 is 0. The number of anilines is 3. The number of para-hydroxylation sites is 1. The fourth-order valence-electron chi connectivity index (χ4n) is 4.27. The lowest BCUT2D eigenvalue weighted by Gasteiger charge is -2.13. The molecule has 11 heteroatoms. The molecule has 0 spiro atoms. The van der Waals surface area contributed by atoms with Crippen molar-refractivity contribution in [2.45, 2.75) is 31.7 Å². The normalized spacial score (nSPS) is 13.4. The molecular formula is C24H23FN9O. The van der Waals surface area contributed by atoms with E-state index in [4.69, 9.17) is 11.5 Å². The summed E-state index contributed by atoms with van der Waals surface area (Å²) in [6.45, 7) is 0. The van der Waals surface area contributed by atoms with Crippen LogP contribution in [0.3, 0.4) is 0 Å². The number of nitrogen functional groups attached to an aromatic ring is 1. The van der Waals surface area contributed by atoms with E-state index in [1.54, 1.807) is 41.2 Å². The van der Waals surface area contributed by atoms with Crippen LogP contribution in [0.4, 0.5) is 21.7 Å². The molecule has 5 N–H and O–H groups in total. The van der Waals surface area contributed by atoms with Crippen molar-refractivity contribution in [1.29, 1.82) is 0 Å². The van der Waals surface area contributed by atoms with E-state index in [0.29, 0.717) is 33.8 Å². The van der Waals surface area contributed by atoms with Gasteiger partial charge < -0.3 is 16.8 Å². The largest absolute Gasteiger partial charge is 0.398 e. The number of hydrogen-bond donors (Lipinski definition) is 3. The number of aromatic nitrogens is 5. The molecule has 10 nitrogen and oxygen atoms in total. The zero-order valence-corrected chi connectivity index (χ0v) is 18.7. The molecule has 0 bridgehead atoms. The van der Waals surface area contributed by atoms with Crippen LogP contribution in [0.15, 0.2) is 54.9 Å². The predicted molar refractivity (Wildman–Crippen MR) is 129 cm³/mol. The lowest BCUT2D eigenvalue weighted by atomic mass is 9.97. The molecule has 0 aliphatic heterocycles. The Bertz CT molecular complexity index is 1360. The third-order valence-corrected chi connectivity index (χ3v) is 5.99. The van der Waals surface area contributed by atoms with Crippen molar-refractivity contribution in [3.05, 3.63) is 66.2 Å². The summed E-state index contributed by atoms with van der Waals surface area (Å²) in [7, 11) is 0. The lowest BCUT2D eigenvalue weighted by Crippen LogP contribution is -2.13. The van der Waals surface area contributed by atoms with Gasteiger partial charge in [-0.05, 0) is 42.7 Å². The molecule has 2 aromatic heterocycles. The molecule has 5 rings (SSSR count). The number of nitrogens with zero attached hydrogens (tertiary/aromatic N) is 6. The number of carbonyl (C=O) groups excluding carboxylic acids is 1. The van der Waals surface area contributed by atoms with Crippen LogP contribution < -0.4 is 22.9 Å². The van der Waals surface area contributed by atoms with Crippen molar-refractivity contribution in [2.24, 2.45) is 5.73 Å². The number of hydrogen-bond acceptors (Lipinski definition) is 7. The molecule has 1 aliphatic carbocycles. The van der Waals surface area contributed by atoms with E-state index in [1.165, 1.54) is 0 Å². The molecule has 177 valence electrons. The van der Waals surface area contributed by atoms with Gasteiger partial charge in [0, 0.05) is 28.7 Å². The Hall–Kier alpha value is -4.38. The molecule has 1 amide bonds. The van der Waals surface area contributed by atoms with E-state index < -0.39 is 11.7 Å². The van der Waals surface area contributed by atoms with E-state index in [2.05, 4.69) is 25.6 Å². The quantitative estimate of drug-likeness (QED) is 0.360. The molecule has 1 saturated carbocycles. The molecular weight excluding hydrogens is 449 g/mol. The highest BCUT2D eigenvalue weighted by molar-refractivity contribution is 6.02. The van der Waals surface area contributed by atoms with Gasteiger partial charge in [-0.1, -0.05) is 36.3 Å². The number of nitrogens with two attached hydrogens (primary N) is 2. The minimum absolute atomic E-state index is 0. The SMILES string of the molecule is NC(=O)c1ccc(Nc2ncc(F)c(-c3cn(C4CCCC4)nn3)n2)cc1-c1ccccc1N.[N]. The maximum absolute atomic E-state index is 14.6. The van der Waals surface area contributed by atoms with Gasteiger partial charge in [0.2, 0.25) is 11.9 Å². The number of rotatable bonds is 6. The molecule has 0 unspecified atom stereocenters. The van der Waals surface area contributed by atoms with Gasteiger partial charge in [0.15, 0.2) is 5.82 Å². The summed E-state index contributed by atoms with van der Waals surface area (Å²) in [5, 5.41) is 11.4. The number of primary amides is 1. The Morgan fingerprint density at radius 2 is 1.89 bits per heavy atom. The third-order valence-electron chi connectivity index (χ3n) is 5.99. The number of nitrogens with one attached hydrogen (secondary N) is 1. The summed E-state index contributed by atoms with van der Waals surface area (Å²) in [6, 6.07) is 12.5. The fourth-order valence-corrected chi connectivity index (χ4v) is 4.27. The maximum Gasteiger partial charge on any atom is 0.249 e. The first-order valence-corrected chi connectivity index (χ1v) is 11.0. The van der Waals surface area contributed by atoms with Crippen molar-refractivity contribution >= 4 is 23.2 Å². The van der Waals surface area contributed by atoms with Gasteiger partial charge in [0.1, 0.15) is 11.4 Å². The van der Waals surface area contributed by atoms with Gasteiger partial charge >= 0.3 is 0 Å². The zero-order chi connectivity index (χ0) is 23.7. The van der Waals surface area contributed by atoms with Gasteiger partial charge in [-0.3, -0.25) is 4.79 Å². The first kappa shape index (κ1) is 23.8. The van der Waals surface area contributed by atoms with Crippen LogP contribution in [0, 0.1) is 5.82 Å². The molecule has 2 heterocycles. The molecule has 3 radical (unpaired) electrons. The van der Waals surface area contributed by atoms with Gasteiger partial charge in [0.25, 0.3) is 0 Å². The highest BCUT2D eigenvalue weighted by Crippen LogP contribution is 2.33. The van der Waals surface area contributed by atoms with E-state index in [1.807, 2.05) is 12.1 Å². The monoisotopic (exact) mass is 472 g/mol. The molecule has 35 heavy (non-hydrogen) atoms. The van der Waals surface area contributed by atoms with Crippen molar-refractivity contribution in [3.8, 4) is 22.5 Å². The highest BCUT2D eigenvalue weighted by atomic mass is 19.1. The van der Waals surface area contributed by atoms with E-state index >= 15 is 0 Å². The number of benzene rings is 2. The average Bonchev–Trinajstić information content (AvgIpc) is 3.53. The Balaban J connectivity index is 0.00000289. The Morgan fingerprint density at radius 3 is 2.63 bits per heavy atom. The van der Waals surface area contributed by atoms with Crippen molar-refractivity contribution in [2.75, 3.05) is 11.1 Å². The van der Waals surface area contributed by atoms with Gasteiger partial charge in [-0.2, -0.15) is 0 Å². The van der Waals surface area contributed by atoms with E-state index in [-0.39, 0.29) is 23.8 Å². The van der Waals surface area contributed by atoms with Crippen molar-refractivity contribution < 1.29 is 9.18 Å². The van der Waals surface area contributed by atoms with Crippen LogP contribution >= 0.6 is 0 Å². The maximum atomic E-state index is 14.6. The van der Waals surface area contributed by atoms with Crippen LogP contribution in [-0.2, 0) is 0 Å². The zero-order valence-electron chi connectivity index (χ0n) is 18.7. The summed E-state index contributed by atoms with van der Waals surface area (Å²) < 4.78 is 16.3. The number of amides is 1. The third kappa shape index (κ3) is 4.80.